The van der Waals surface area contributed by atoms with Crippen molar-refractivity contribution in [1.29, 1.82) is 0 Å². The minimum atomic E-state index is -4.26. The monoisotopic (exact) mass is 605 g/mol. The van der Waals surface area contributed by atoms with Crippen molar-refractivity contribution in [3.8, 4) is 5.75 Å². The Hall–Kier alpha value is -3.27. The molecule has 2 amide bonds. The van der Waals surface area contributed by atoms with Gasteiger partial charge in [0.05, 0.1) is 27.7 Å². The van der Waals surface area contributed by atoms with Crippen LogP contribution >= 0.6 is 23.2 Å². The molecule has 214 valence electrons. The molecule has 0 bridgehead atoms. The van der Waals surface area contributed by atoms with Crippen molar-refractivity contribution in [2.75, 3.05) is 24.5 Å². The van der Waals surface area contributed by atoms with Crippen molar-refractivity contribution in [1.82, 2.24) is 10.2 Å². The lowest BCUT2D eigenvalue weighted by molar-refractivity contribution is -0.139. The number of nitrogens with one attached hydrogen (secondary N) is 1. The first-order valence-electron chi connectivity index (χ1n) is 12.7. The summed E-state index contributed by atoms with van der Waals surface area (Å²) in [6, 6.07) is 17.0. The number of ether oxygens (including phenoxy) is 1. The van der Waals surface area contributed by atoms with E-state index < -0.39 is 28.5 Å². The largest absolute Gasteiger partial charge is 0.497 e. The van der Waals surface area contributed by atoms with Crippen LogP contribution < -0.4 is 14.4 Å². The number of aryl methyl sites for hydroxylation is 1. The highest BCUT2D eigenvalue weighted by Gasteiger charge is 2.33. The highest BCUT2D eigenvalue weighted by Crippen LogP contribution is 2.35. The summed E-state index contributed by atoms with van der Waals surface area (Å²) >= 11 is 12.7. The van der Waals surface area contributed by atoms with Crippen LogP contribution in [0.5, 0.6) is 5.75 Å². The minimum absolute atomic E-state index is 0.0132. The number of anilines is 1. The van der Waals surface area contributed by atoms with Gasteiger partial charge < -0.3 is 15.0 Å². The van der Waals surface area contributed by atoms with Crippen molar-refractivity contribution in [3.05, 3.63) is 87.9 Å². The van der Waals surface area contributed by atoms with Gasteiger partial charge >= 0.3 is 0 Å². The van der Waals surface area contributed by atoms with Gasteiger partial charge in [0.2, 0.25) is 11.8 Å². The number of sulfonamides is 1. The van der Waals surface area contributed by atoms with Crippen LogP contribution in [0.4, 0.5) is 5.69 Å². The molecule has 1 unspecified atom stereocenters. The van der Waals surface area contributed by atoms with Crippen LogP contribution in [0.2, 0.25) is 10.0 Å². The van der Waals surface area contributed by atoms with Crippen LogP contribution in [0, 0.1) is 6.92 Å². The normalized spacial score (nSPS) is 11.9. The van der Waals surface area contributed by atoms with Gasteiger partial charge in [-0.05, 0) is 62.2 Å². The Labute approximate surface area is 245 Å². The Kier molecular flexibility index (Phi) is 10.8. The predicted molar refractivity (Wildman–Crippen MR) is 158 cm³/mol. The summed E-state index contributed by atoms with van der Waals surface area (Å²) < 4.78 is 34.1. The van der Waals surface area contributed by atoms with Gasteiger partial charge in [0.25, 0.3) is 10.0 Å². The number of methoxy groups -OCH3 is 1. The molecule has 11 heteroatoms. The molecule has 0 radical (unpaired) electrons. The van der Waals surface area contributed by atoms with Gasteiger partial charge in [-0.15, -0.1) is 0 Å². The zero-order chi connectivity index (χ0) is 29.4. The zero-order valence-corrected chi connectivity index (χ0v) is 25.2. The molecule has 0 aliphatic heterocycles. The van der Waals surface area contributed by atoms with E-state index in [0.29, 0.717) is 17.9 Å². The molecular formula is C29H33Cl2N3O5S. The lowest BCUT2D eigenvalue weighted by Crippen LogP contribution is -2.51. The van der Waals surface area contributed by atoms with E-state index >= 15 is 0 Å². The average Bonchev–Trinajstić information content (AvgIpc) is 2.94. The number of carbonyl (C=O) groups excluding carboxylic acids is 2. The van der Waals surface area contributed by atoms with Gasteiger partial charge in [0, 0.05) is 13.1 Å². The van der Waals surface area contributed by atoms with Crippen LogP contribution in [-0.4, -0.2) is 51.4 Å². The number of amides is 2. The lowest BCUT2D eigenvalue weighted by Gasteiger charge is -2.32. The fourth-order valence-electron chi connectivity index (χ4n) is 3.98. The summed E-state index contributed by atoms with van der Waals surface area (Å²) in [5.74, 6) is -0.372. The molecule has 0 saturated heterocycles. The Bertz CT molecular complexity index is 1450. The molecule has 8 nitrogen and oxygen atoms in total. The van der Waals surface area contributed by atoms with E-state index in [1.165, 1.54) is 36.3 Å². The molecule has 40 heavy (non-hydrogen) atoms. The molecule has 3 aromatic carbocycles. The predicted octanol–water partition coefficient (Wildman–Crippen LogP) is 5.45. The van der Waals surface area contributed by atoms with Gasteiger partial charge in [0.15, 0.2) is 0 Å². The van der Waals surface area contributed by atoms with Gasteiger partial charge in [-0.3, -0.25) is 13.9 Å². The number of rotatable bonds is 12. The number of hydrogen-bond donors (Lipinski definition) is 1. The van der Waals surface area contributed by atoms with Crippen LogP contribution in [0.15, 0.2) is 71.6 Å². The molecule has 1 N–H and O–H groups in total. The zero-order valence-electron chi connectivity index (χ0n) is 22.9. The molecule has 0 aliphatic rings. The van der Waals surface area contributed by atoms with Gasteiger partial charge in [-0.25, -0.2) is 8.42 Å². The first-order valence-corrected chi connectivity index (χ1v) is 14.9. The third-order valence-corrected chi connectivity index (χ3v) is 8.87. The molecule has 3 rings (SSSR count). The second kappa shape index (κ2) is 13.9. The molecule has 0 fully saturated rings. The third kappa shape index (κ3) is 7.47. The fraction of sp³-hybridized carbons (Fsp3) is 0.310. The van der Waals surface area contributed by atoms with E-state index in [0.717, 1.165) is 16.3 Å². The van der Waals surface area contributed by atoms with Crippen molar-refractivity contribution in [3.63, 3.8) is 0 Å². The van der Waals surface area contributed by atoms with Crippen LogP contribution in [-0.2, 0) is 26.2 Å². The molecule has 0 aromatic heterocycles. The highest BCUT2D eigenvalue weighted by molar-refractivity contribution is 7.92. The number of nitrogens with zero attached hydrogens (tertiary/aromatic N) is 2. The summed E-state index contributed by atoms with van der Waals surface area (Å²) in [5, 5.41) is 2.93. The molecule has 0 spiro atoms. The Morgan fingerprint density at radius 1 is 1.02 bits per heavy atom. The molecule has 3 aromatic rings. The summed E-state index contributed by atoms with van der Waals surface area (Å²) in [6.45, 7) is 5.23. The maximum absolute atomic E-state index is 14.0. The first-order chi connectivity index (χ1) is 19.0. The van der Waals surface area contributed by atoms with Crippen LogP contribution in [0.3, 0.4) is 0 Å². The van der Waals surface area contributed by atoms with Crippen molar-refractivity contribution < 1.29 is 22.7 Å². The topological polar surface area (TPSA) is 96.0 Å². The van der Waals surface area contributed by atoms with E-state index in [1.807, 2.05) is 13.8 Å². The molecule has 0 heterocycles. The summed E-state index contributed by atoms with van der Waals surface area (Å²) in [4.78, 5) is 28.3. The van der Waals surface area contributed by atoms with Gasteiger partial charge in [-0.1, -0.05) is 66.0 Å². The van der Waals surface area contributed by atoms with E-state index in [4.69, 9.17) is 27.9 Å². The minimum Gasteiger partial charge on any atom is -0.497 e. The SMILES string of the molecule is CCCNC(=O)C(C)N(Cc1cccc(OC)c1)C(=O)CN(c1cccc(Cl)c1Cl)S(=O)(=O)c1ccc(C)cc1. The number of hydrogen-bond acceptors (Lipinski definition) is 5. The van der Waals surface area contributed by atoms with Crippen molar-refractivity contribution in [2.24, 2.45) is 0 Å². The molecule has 0 aliphatic carbocycles. The quantitative estimate of drug-likeness (QED) is 0.296. The van der Waals surface area contributed by atoms with Crippen LogP contribution in [0.25, 0.3) is 0 Å². The molecular weight excluding hydrogens is 573 g/mol. The summed E-state index contributed by atoms with van der Waals surface area (Å²) in [6.07, 6.45) is 0.720. The van der Waals surface area contributed by atoms with E-state index in [9.17, 15) is 18.0 Å². The maximum Gasteiger partial charge on any atom is 0.264 e. The first kappa shape index (κ1) is 31.3. The lowest BCUT2D eigenvalue weighted by atomic mass is 10.1. The molecule has 0 saturated carbocycles. The number of benzene rings is 3. The van der Waals surface area contributed by atoms with Gasteiger partial charge in [0.1, 0.15) is 18.3 Å². The second-order valence-electron chi connectivity index (χ2n) is 9.24. The smallest absolute Gasteiger partial charge is 0.264 e. The van der Waals surface area contributed by atoms with Crippen molar-refractivity contribution in [2.45, 2.75) is 44.7 Å². The van der Waals surface area contributed by atoms with Gasteiger partial charge in [-0.2, -0.15) is 0 Å². The average molecular weight is 607 g/mol. The maximum atomic E-state index is 14.0. The van der Waals surface area contributed by atoms with Crippen molar-refractivity contribution >= 4 is 50.7 Å². The summed E-state index contributed by atoms with van der Waals surface area (Å²) in [7, 11) is -2.73. The van der Waals surface area contributed by atoms with Crippen LogP contribution in [0.1, 0.15) is 31.4 Å². The summed E-state index contributed by atoms with van der Waals surface area (Å²) in [5.41, 5.74) is 1.63. The van der Waals surface area contributed by atoms with E-state index in [2.05, 4.69) is 5.32 Å². The fourth-order valence-corrected chi connectivity index (χ4v) is 5.86. The standard InChI is InChI=1S/C29H33Cl2N3O5S/c1-5-16-32-29(36)21(3)33(18-22-8-6-9-23(17-22)39-4)27(35)19-34(26-11-7-10-25(30)28(26)31)40(37,38)24-14-12-20(2)13-15-24/h6-15,17,21H,5,16,18-19H2,1-4H3,(H,32,36). The Morgan fingerprint density at radius 3 is 2.35 bits per heavy atom. The number of halogens is 2. The van der Waals surface area contributed by atoms with E-state index in [-0.39, 0.29) is 33.1 Å². The second-order valence-corrected chi connectivity index (χ2v) is 11.9. The van der Waals surface area contributed by atoms with E-state index in [1.54, 1.807) is 49.4 Å². The Morgan fingerprint density at radius 2 is 1.70 bits per heavy atom. The highest BCUT2D eigenvalue weighted by atomic mass is 35.5. The third-order valence-electron chi connectivity index (χ3n) is 6.29. The molecule has 1 atom stereocenters. The number of carbonyl (C=O) groups is 2. The Balaban J connectivity index is 2.07.